The average Bonchev–Trinajstić information content (AvgIpc) is 2.53. The van der Waals surface area contributed by atoms with Crippen LogP contribution in [-0.2, 0) is 19.9 Å². The lowest BCUT2D eigenvalue weighted by Gasteiger charge is -2.35. The molecular formula is C15H22ClNO5S2. The summed E-state index contributed by atoms with van der Waals surface area (Å²) in [4.78, 5) is -0.377. The summed E-state index contributed by atoms with van der Waals surface area (Å²) in [6, 6.07) is 3.59. The maximum Gasteiger partial charge on any atom is 0.242 e. The molecule has 0 atom stereocenters. The van der Waals surface area contributed by atoms with E-state index in [0.29, 0.717) is 0 Å². The second-order valence-corrected chi connectivity index (χ2v) is 10.6. The first kappa shape index (κ1) is 19.7. The van der Waals surface area contributed by atoms with E-state index in [2.05, 4.69) is 4.72 Å². The molecule has 0 amide bonds. The van der Waals surface area contributed by atoms with Gasteiger partial charge in [-0.05, 0) is 31.0 Å². The molecule has 9 heteroatoms. The van der Waals surface area contributed by atoms with Gasteiger partial charge in [-0.15, -0.1) is 0 Å². The lowest BCUT2D eigenvalue weighted by Crippen LogP contribution is -2.41. The largest absolute Gasteiger partial charge is 0.396 e. The summed E-state index contributed by atoms with van der Waals surface area (Å²) in [5.41, 5.74) is -0.466. The highest BCUT2D eigenvalue weighted by Crippen LogP contribution is 2.35. The van der Waals surface area contributed by atoms with Gasteiger partial charge in [0.1, 0.15) is 4.90 Å². The quantitative estimate of drug-likeness (QED) is 0.766. The van der Waals surface area contributed by atoms with Crippen molar-refractivity contribution in [2.45, 2.75) is 41.9 Å². The van der Waals surface area contributed by atoms with Crippen LogP contribution in [-0.4, -0.2) is 41.3 Å². The van der Waals surface area contributed by atoms with Crippen LogP contribution >= 0.6 is 11.6 Å². The molecule has 1 fully saturated rings. The maximum atomic E-state index is 12.6. The molecule has 0 unspecified atom stereocenters. The Kier molecular flexibility index (Phi) is 5.97. The molecule has 0 spiro atoms. The van der Waals surface area contributed by atoms with Crippen LogP contribution in [0.15, 0.2) is 28.0 Å². The summed E-state index contributed by atoms with van der Waals surface area (Å²) in [5, 5.41) is 9.63. The third-order valence-corrected chi connectivity index (χ3v) is 7.50. The summed E-state index contributed by atoms with van der Waals surface area (Å²) in [6.45, 7) is 0.0118. The van der Waals surface area contributed by atoms with Crippen molar-refractivity contribution in [3.8, 4) is 0 Å². The van der Waals surface area contributed by atoms with E-state index in [1.165, 1.54) is 12.1 Å². The number of rotatable bonds is 6. The fourth-order valence-electron chi connectivity index (χ4n) is 2.94. The Bertz CT molecular complexity index is 799. The first-order valence-electron chi connectivity index (χ1n) is 7.70. The highest BCUT2D eigenvalue weighted by molar-refractivity contribution is 7.91. The fourth-order valence-corrected chi connectivity index (χ4v) is 5.34. The number of hydrogen-bond acceptors (Lipinski definition) is 5. The average molecular weight is 396 g/mol. The van der Waals surface area contributed by atoms with Crippen molar-refractivity contribution in [1.29, 1.82) is 0 Å². The van der Waals surface area contributed by atoms with Crippen LogP contribution in [0.1, 0.15) is 32.1 Å². The van der Waals surface area contributed by atoms with Gasteiger partial charge in [-0.1, -0.05) is 30.9 Å². The molecule has 1 aliphatic rings. The molecule has 1 aromatic carbocycles. The van der Waals surface area contributed by atoms with Crippen LogP contribution in [0.25, 0.3) is 0 Å². The van der Waals surface area contributed by atoms with E-state index in [1.807, 2.05) is 0 Å². The minimum absolute atomic E-state index is 0.0448. The van der Waals surface area contributed by atoms with Gasteiger partial charge in [-0.2, -0.15) is 0 Å². The monoisotopic (exact) mass is 395 g/mol. The Morgan fingerprint density at radius 2 is 1.79 bits per heavy atom. The molecule has 1 aromatic rings. The van der Waals surface area contributed by atoms with Gasteiger partial charge in [0.05, 0.1) is 9.92 Å². The van der Waals surface area contributed by atoms with Crippen molar-refractivity contribution >= 4 is 31.5 Å². The predicted octanol–water partition coefficient (Wildman–Crippen LogP) is 1.96. The minimum atomic E-state index is -3.98. The summed E-state index contributed by atoms with van der Waals surface area (Å²) in [6.07, 6.45) is 5.49. The molecule has 0 bridgehead atoms. The lowest BCUT2D eigenvalue weighted by molar-refractivity contribution is 0.0867. The number of hydrogen-bond donors (Lipinski definition) is 2. The highest BCUT2D eigenvalue weighted by Gasteiger charge is 2.33. The molecule has 0 aliphatic heterocycles. The molecule has 0 aromatic heterocycles. The van der Waals surface area contributed by atoms with E-state index in [9.17, 15) is 21.9 Å². The number of aliphatic hydroxyl groups is 1. The molecule has 0 heterocycles. The number of sulfonamides is 1. The van der Waals surface area contributed by atoms with Gasteiger partial charge in [0.2, 0.25) is 10.0 Å². The van der Waals surface area contributed by atoms with Crippen LogP contribution in [0.4, 0.5) is 0 Å². The zero-order valence-electron chi connectivity index (χ0n) is 13.5. The molecule has 1 aliphatic carbocycles. The molecule has 1 saturated carbocycles. The van der Waals surface area contributed by atoms with Crippen LogP contribution in [0.2, 0.25) is 5.02 Å². The number of benzene rings is 1. The molecule has 24 heavy (non-hydrogen) atoms. The second-order valence-electron chi connectivity index (χ2n) is 6.41. The van der Waals surface area contributed by atoms with E-state index in [0.717, 1.165) is 44.4 Å². The normalized spacial score (nSPS) is 18.5. The number of nitrogens with one attached hydrogen (secondary N) is 1. The lowest BCUT2D eigenvalue weighted by atomic mass is 9.75. The zero-order chi connectivity index (χ0) is 18.0. The van der Waals surface area contributed by atoms with Crippen LogP contribution in [0, 0.1) is 5.41 Å². The highest BCUT2D eigenvalue weighted by atomic mass is 35.5. The van der Waals surface area contributed by atoms with E-state index in [4.69, 9.17) is 11.6 Å². The Hall–Kier alpha value is -0.670. The van der Waals surface area contributed by atoms with Gasteiger partial charge in [-0.3, -0.25) is 0 Å². The smallest absolute Gasteiger partial charge is 0.242 e. The van der Waals surface area contributed by atoms with Gasteiger partial charge in [0.25, 0.3) is 0 Å². The Labute approximate surface area is 148 Å². The van der Waals surface area contributed by atoms with E-state index < -0.39 is 25.3 Å². The molecule has 2 N–H and O–H groups in total. The van der Waals surface area contributed by atoms with Gasteiger partial charge in [0, 0.05) is 24.8 Å². The fraction of sp³-hybridized carbons (Fsp3) is 0.600. The van der Waals surface area contributed by atoms with Crippen LogP contribution in [0.5, 0.6) is 0 Å². The molecular weight excluding hydrogens is 374 g/mol. The molecule has 136 valence electrons. The Balaban J connectivity index is 2.27. The van der Waals surface area contributed by atoms with Gasteiger partial charge < -0.3 is 5.11 Å². The molecule has 6 nitrogen and oxygen atoms in total. The van der Waals surface area contributed by atoms with Gasteiger partial charge in [-0.25, -0.2) is 21.6 Å². The third kappa shape index (κ3) is 4.49. The van der Waals surface area contributed by atoms with Crippen molar-refractivity contribution in [3.63, 3.8) is 0 Å². The first-order valence-corrected chi connectivity index (χ1v) is 11.5. The maximum absolute atomic E-state index is 12.6. The van der Waals surface area contributed by atoms with Crippen LogP contribution in [0.3, 0.4) is 0 Å². The van der Waals surface area contributed by atoms with E-state index in [1.54, 1.807) is 0 Å². The van der Waals surface area contributed by atoms with Crippen molar-refractivity contribution in [1.82, 2.24) is 4.72 Å². The Morgan fingerprint density at radius 1 is 1.17 bits per heavy atom. The first-order chi connectivity index (χ1) is 11.1. The molecule has 0 radical (unpaired) electrons. The minimum Gasteiger partial charge on any atom is -0.396 e. The van der Waals surface area contributed by atoms with Crippen molar-refractivity contribution in [2.75, 3.05) is 19.4 Å². The summed E-state index contributed by atoms with van der Waals surface area (Å²) >= 11 is 5.96. The summed E-state index contributed by atoms with van der Waals surface area (Å²) < 4.78 is 50.9. The molecule has 0 saturated heterocycles. The third-order valence-electron chi connectivity index (χ3n) is 4.51. The summed E-state index contributed by atoms with van der Waals surface area (Å²) in [5.74, 6) is 0. The van der Waals surface area contributed by atoms with E-state index >= 15 is 0 Å². The number of halogens is 1. The molecule has 2 rings (SSSR count). The Morgan fingerprint density at radius 3 is 2.33 bits per heavy atom. The zero-order valence-corrected chi connectivity index (χ0v) is 15.8. The van der Waals surface area contributed by atoms with Gasteiger partial charge >= 0.3 is 0 Å². The number of aliphatic hydroxyl groups excluding tert-OH is 1. The van der Waals surface area contributed by atoms with Crippen LogP contribution < -0.4 is 4.72 Å². The number of sulfone groups is 1. The topological polar surface area (TPSA) is 101 Å². The standard InChI is InChI=1S/C15H22ClNO5S2/c1-23(19,20)12-5-6-13(16)14(9-12)24(21,22)17-10-15(11-18)7-3-2-4-8-15/h5-6,9,17-18H,2-4,7-8,10-11H2,1H3. The SMILES string of the molecule is CS(=O)(=O)c1ccc(Cl)c(S(=O)(=O)NCC2(CO)CCCCC2)c1. The van der Waals surface area contributed by atoms with Crippen molar-refractivity contribution < 1.29 is 21.9 Å². The van der Waals surface area contributed by atoms with Crippen molar-refractivity contribution in [2.24, 2.45) is 5.41 Å². The summed E-state index contributed by atoms with van der Waals surface area (Å²) in [7, 11) is -7.52. The van der Waals surface area contributed by atoms with Crippen molar-refractivity contribution in [3.05, 3.63) is 23.2 Å². The predicted molar refractivity (Wildman–Crippen MR) is 92.4 cm³/mol. The van der Waals surface area contributed by atoms with E-state index in [-0.39, 0.29) is 28.0 Å². The van der Waals surface area contributed by atoms with Gasteiger partial charge in [0.15, 0.2) is 9.84 Å². The second kappa shape index (κ2) is 7.29.